The van der Waals surface area contributed by atoms with Crippen LogP contribution in [0.4, 0.5) is 0 Å². The Bertz CT molecular complexity index is 1200. The standard InChI is InChI=1S/C25H25N5O3S/c1-32-20-9-5-18(6-10-20)22(14-23(31)27-16-17-4-3-13-26-15-17)34-25-28-24(29-30-25)19-7-11-21(33-2)12-8-19/h3-13,15,22H,14,16H2,1-2H3,(H,27,31)(H,28,29,30)/t22-/m1/s1. The molecule has 0 radical (unpaired) electrons. The summed E-state index contributed by atoms with van der Waals surface area (Å²) in [7, 11) is 3.26. The maximum Gasteiger partial charge on any atom is 0.221 e. The number of aromatic nitrogens is 4. The summed E-state index contributed by atoms with van der Waals surface area (Å²) in [6.07, 6.45) is 3.72. The molecule has 4 rings (SSSR count). The van der Waals surface area contributed by atoms with Crippen LogP contribution >= 0.6 is 11.8 Å². The van der Waals surface area contributed by atoms with Crippen LogP contribution in [0, 0.1) is 0 Å². The first kappa shape index (κ1) is 23.3. The number of pyridine rings is 1. The highest BCUT2D eigenvalue weighted by Gasteiger charge is 2.20. The van der Waals surface area contributed by atoms with Crippen LogP contribution in [0.15, 0.2) is 78.2 Å². The first-order valence-corrected chi connectivity index (χ1v) is 11.6. The molecule has 0 saturated carbocycles. The highest BCUT2D eigenvalue weighted by molar-refractivity contribution is 7.99. The van der Waals surface area contributed by atoms with Crippen LogP contribution in [-0.2, 0) is 11.3 Å². The van der Waals surface area contributed by atoms with E-state index in [-0.39, 0.29) is 17.6 Å². The van der Waals surface area contributed by atoms with Gasteiger partial charge in [-0.15, -0.1) is 5.10 Å². The minimum Gasteiger partial charge on any atom is -0.497 e. The molecule has 0 aliphatic rings. The summed E-state index contributed by atoms with van der Waals surface area (Å²) >= 11 is 1.44. The van der Waals surface area contributed by atoms with E-state index in [0.29, 0.717) is 17.5 Å². The van der Waals surface area contributed by atoms with Gasteiger partial charge in [-0.2, -0.15) is 0 Å². The van der Waals surface area contributed by atoms with E-state index >= 15 is 0 Å². The van der Waals surface area contributed by atoms with Crippen LogP contribution in [0.5, 0.6) is 11.5 Å². The lowest BCUT2D eigenvalue weighted by atomic mass is 10.1. The van der Waals surface area contributed by atoms with Crippen LogP contribution in [0.1, 0.15) is 22.8 Å². The van der Waals surface area contributed by atoms with Gasteiger partial charge in [0.1, 0.15) is 11.5 Å². The van der Waals surface area contributed by atoms with E-state index in [9.17, 15) is 4.79 Å². The molecule has 0 fully saturated rings. The second kappa shape index (κ2) is 11.3. The Hall–Kier alpha value is -3.85. The predicted octanol–water partition coefficient (Wildman–Crippen LogP) is 4.42. The van der Waals surface area contributed by atoms with Crippen molar-refractivity contribution in [3.05, 3.63) is 84.2 Å². The molecule has 2 heterocycles. The molecular weight excluding hydrogens is 450 g/mol. The van der Waals surface area contributed by atoms with Crippen LogP contribution < -0.4 is 14.8 Å². The summed E-state index contributed by atoms with van der Waals surface area (Å²) in [6, 6.07) is 19.0. The van der Waals surface area contributed by atoms with Crippen molar-refractivity contribution in [3.8, 4) is 22.9 Å². The smallest absolute Gasteiger partial charge is 0.221 e. The predicted molar refractivity (Wildman–Crippen MR) is 131 cm³/mol. The van der Waals surface area contributed by atoms with Gasteiger partial charge < -0.3 is 14.8 Å². The van der Waals surface area contributed by atoms with Gasteiger partial charge in [-0.05, 0) is 53.6 Å². The molecule has 0 aliphatic heterocycles. The van der Waals surface area contributed by atoms with Gasteiger partial charge in [-0.1, -0.05) is 30.0 Å². The lowest BCUT2D eigenvalue weighted by molar-refractivity contribution is -0.121. The lowest BCUT2D eigenvalue weighted by Gasteiger charge is -2.16. The monoisotopic (exact) mass is 475 g/mol. The summed E-state index contributed by atoms with van der Waals surface area (Å²) in [5, 5.41) is 10.7. The number of ether oxygens (including phenoxy) is 2. The van der Waals surface area contributed by atoms with Crippen molar-refractivity contribution in [2.45, 2.75) is 23.4 Å². The van der Waals surface area contributed by atoms with E-state index < -0.39 is 0 Å². The zero-order valence-corrected chi connectivity index (χ0v) is 19.7. The Labute approximate surface area is 202 Å². The molecule has 2 aromatic heterocycles. The molecule has 0 aliphatic carbocycles. The molecule has 4 aromatic rings. The molecule has 0 saturated heterocycles. The minimum atomic E-state index is -0.181. The molecule has 0 bridgehead atoms. The Morgan fingerprint density at radius 1 is 1.03 bits per heavy atom. The summed E-state index contributed by atoms with van der Waals surface area (Å²) in [6.45, 7) is 0.426. The topological polar surface area (TPSA) is 102 Å². The Balaban J connectivity index is 1.48. The number of benzene rings is 2. The van der Waals surface area contributed by atoms with Crippen molar-refractivity contribution >= 4 is 17.7 Å². The number of nitrogens with zero attached hydrogens (tertiary/aromatic N) is 3. The van der Waals surface area contributed by atoms with Crippen molar-refractivity contribution in [1.29, 1.82) is 0 Å². The molecular formula is C25H25N5O3S. The van der Waals surface area contributed by atoms with Gasteiger partial charge in [-0.3, -0.25) is 14.9 Å². The molecule has 174 valence electrons. The van der Waals surface area contributed by atoms with Crippen molar-refractivity contribution in [2.24, 2.45) is 0 Å². The van der Waals surface area contributed by atoms with Gasteiger partial charge in [0.25, 0.3) is 0 Å². The highest BCUT2D eigenvalue weighted by atomic mass is 32.2. The average molecular weight is 476 g/mol. The third-order valence-corrected chi connectivity index (χ3v) is 6.26. The van der Waals surface area contributed by atoms with E-state index in [4.69, 9.17) is 9.47 Å². The number of hydrogen-bond donors (Lipinski definition) is 2. The van der Waals surface area contributed by atoms with Crippen LogP contribution in [0.3, 0.4) is 0 Å². The fourth-order valence-corrected chi connectivity index (χ4v) is 4.32. The van der Waals surface area contributed by atoms with Crippen molar-refractivity contribution in [1.82, 2.24) is 25.5 Å². The molecule has 1 amide bonds. The number of carbonyl (C=O) groups is 1. The third kappa shape index (κ3) is 6.14. The maximum absolute atomic E-state index is 12.8. The van der Waals surface area contributed by atoms with Gasteiger partial charge in [0.05, 0.1) is 14.2 Å². The summed E-state index contributed by atoms with van der Waals surface area (Å²) in [5.41, 5.74) is 2.83. The number of H-pyrrole nitrogens is 1. The van der Waals surface area contributed by atoms with Crippen molar-refractivity contribution < 1.29 is 14.3 Å². The van der Waals surface area contributed by atoms with Gasteiger partial charge in [0.15, 0.2) is 5.82 Å². The fraction of sp³-hybridized carbons (Fsp3) is 0.200. The molecule has 34 heavy (non-hydrogen) atoms. The lowest BCUT2D eigenvalue weighted by Crippen LogP contribution is -2.24. The Morgan fingerprint density at radius 2 is 1.74 bits per heavy atom. The summed E-state index contributed by atoms with van der Waals surface area (Å²) in [4.78, 5) is 21.5. The highest BCUT2D eigenvalue weighted by Crippen LogP contribution is 2.37. The first-order chi connectivity index (χ1) is 16.6. The number of aromatic amines is 1. The molecule has 1 atom stereocenters. The normalized spacial score (nSPS) is 11.6. The van der Waals surface area contributed by atoms with E-state index in [1.807, 2.05) is 60.7 Å². The number of amides is 1. The number of thioether (sulfide) groups is 1. The maximum atomic E-state index is 12.8. The van der Waals surface area contributed by atoms with Gasteiger partial charge in [0.2, 0.25) is 11.1 Å². The molecule has 0 unspecified atom stereocenters. The van der Waals surface area contributed by atoms with E-state index in [1.165, 1.54) is 11.8 Å². The zero-order valence-electron chi connectivity index (χ0n) is 18.9. The summed E-state index contributed by atoms with van der Waals surface area (Å²) < 4.78 is 10.5. The number of methoxy groups -OCH3 is 2. The second-order valence-electron chi connectivity index (χ2n) is 7.42. The quantitative estimate of drug-likeness (QED) is 0.327. The van der Waals surface area contributed by atoms with Gasteiger partial charge in [-0.25, -0.2) is 4.98 Å². The number of hydrogen-bond acceptors (Lipinski definition) is 7. The molecule has 0 spiro atoms. The van der Waals surface area contributed by atoms with Gasteiger partial charge in [0, 0.05) is 36.2 Å². The molecule has 2 N–H and O–H groups in total. The van der Waals surface area contributed by atoms with Crippen molar-refractivity contribution in [3.63, 3.8) is 0 Å². The largest absolute Gasteiger partial charge is 0.497 e. The average Bonchev–Trinajstić information content (AvgIpc) is 3.36. The zero-order chi connectivity index (χ0) is 23.8. The van der Waals surface area contributed by atoms with Crippen LogP contribution in [-0.4, -0.2) is 40.3 Å². The number of rotatable bonds is 10. The second-order valence-corrected chi connectivity index (χ2v) is 8.59. The molecule has 8 nitrogen and oxygen atoms in total. The minimum absolute atomic E-state index is 0.0666. The van der Waals surface area contributed by atoms with E-state index in [2.05, 4.69) is 25.5 Å². The Morgan fingerprint density at radius 3 is 2.38 bits per heavy atom. The first-order valence-electron chi connectivity index (χ1n) is 10.7. The van der Waals surface area contributed by atoms with Crippen LogP contribution in [0.25, 0.3) is 11.4 Å². The number of carbonyl (C=O) groups excluding carboxylic acids is 1. The van der Waals surface area contributed by atoms with E-state index in [1.54, 1.807) is 26.6 Å². The Kier molecular flexibility index (Phi) is 7.77. The number of nitrogens with one attached hydrogen (secondary N) is 2. The summed E-state index contributed by atoms with van der Waals surface area (Å²) in [5.74, 6) is 2.12. The molecule has 9 heteroatoms. The SMILES string of the molecule is COc1ccc(-c2nc(S[C@H](CC(=O)NCc3cccnc3)c3ccc(OC)cc3)n[nH]2)cc1. The fourth-order valence-electron chi connectivity index (χ4n) is 3.29. The van der Waals surface area contributed by atoms with Gasteiger partial charge >= 0.3 is 0 Å². The molecule has 2 aromatic carbocycles. The van der Waals surface area contributed by atoms with E-state index in [0.717, 1.165) is 28.2 Å². The van der Waals surface area contributed by atoms with Crippen molar-refractivity contribution in [2.75, 3.05) is 14.2 Å². The van der Waals surface area contributed by atoms with Crippen LogP contribution in [0.2, 0.25) is 0 Å². The third-order valence-electron chi connectivity index (χ3n) is 5.15.